The SMILES string of the molecule is CCS(=O)(=O)NC(=O)c1ccc(Cl)c(-c2cc(COc3ccc(Cl)c(-c4cccc(C(C)(C)C)n4)c3)cc(C(C)(C)C)n2)c1. The fraction of sp³-hybridized carbons (Fsp3) is 0.324. The minimum atomic E-state index is -3.73. The van der Waals surface area contributed by atoms with Gasteiger partial charge >= 0.3 is 0 Å². The van der Waals surface area contributed by atoms with Crippen LogP contribution in [0, 0.1) is 0 Å². The van der Waals surface area contributed by atoms with Crippen LogP contribution in [-0.2, 0) is 27.5 Å². The summed E-state index contributed by atoms with van der Waals surface area (Å²) in [7, 11) is -3.73. The monoisotopic (exact) mass is 653 g/mol. The van der Waals surface area contributed by atoms with Crippen LogP contribution in [0.3, 0.4) is 0 Å². The van der Waals surface area contributed by atoms with Crippen molar-refractivity contribution in [3.05, 3.63) is 99.3 Å². The average molecular weight is 655 g/mol. The Bertz CT molecular complexity index is 1810. The van der Waals surface area contributed by atoms with Crippen LogP contribution in [0.2, 0.25) is 10.0 Å². The van der Waals surface area contributed by atoms with Crippen molar-refractivity contribution < 1.29 is 17.9 Å². The number of nitrogens with zero attached hydrogens (tertiary/aromatic N) is 2. The maximum absolute atomic E-state index is 12.7. The fourth-order valence-corrected chi connectivity index (χ4v) is 5.26. The summed E-state index contributed by atoms with van der Waals surface area (Å²) >= 11 is 13.2. The number of aromatic nitrogens is 2. The molecule has 0 saturated carbocycles. The molecule has 4 rings (SSSR count). The van der Waals surface area contributed by atoms with E-state index >= 15 is 0 Å². The Balaban J connectivity index is 1.68. The number of benzene rings is 2. The van der Waals surface area contributed by atoms with Gasteiger partial charge in [-0.05, 0) is 73.2 Å². The van der Waals surface area contributed by atoms with E-state index in [9.17, 15) is 13.2 Å². The van der Waals surface area contributed by atoms with Crippen LogP contribution < -0.4 is 9.46 Å². The first-order chi connectivity index (χ1) is 20.5. The molecule has 10 heteroatoms. The first kappa shape index (κ1) is 33.4. The molecule has 2 heterocycles. The molecule has 2 aromatic carbocycles. The molecule has 0 radical (unpaired) electrons. The van der Waals surface area contributed by atoms with Crippen LogP contribution in [0.15, 0.2) is 66.7 Å². The Morgan fingerprint density at radius 1 is 0.795 bits per heavy atom. The first-order valence-electron chi connectivity index (χ1n) is 14.2. The predicted molar refractivity (Wildman–Crippen MR) is 178 cm³/mol. The number of sulfonamides is 1. The van der Waals surface area contributed by atoms with Crippen molar-refractivity contribution in [1.82, 2.24) is 14.7 Å². The van der Waals surface area contributed by atoms with E-state index in [0.29, 0.717) is 27.1 Å². The number of carbonyl (C=O) groups excluding carboxylic acids is 1. The van der Waals surface area contributed by atoms with Gasteiger partial charge in [0.25, 0.3) is 5.91 Å². The van der Waals surface area contributed by atoms with Crippen LogP contribution in [0.4, 0.5) is 0 Å². The number of rotatable bonds is 8. The molecule has 44 heavy (non-hydrogen) atoms. The van der Waals surface area contributed by atoms with Crippen molar-refractivity contribution in [1.29, 1.82) is 0 Å². The third-order valence-corrected chi connectivity index (χ3v) is 8.84. The number of halogens is 2. The zero-order valence-corrected chi connectivity index (χ0v) is 28.3. The topological polar surface area (TPSA) is 98.2 Å². The second kappa shape index (κ2) is 12.9. The molecular formula is C34H37Cl2N3O4S. The minimum Gasteiger partial charge on any atom is -0.489 e. The van der Waals surface area contributed by atoms with E-state index in [0.717, 1.165) is 28.2 Å². The Morgan fingerprint density at radius 2 is 1.41 bits per heavy atom. The summed E-state index contributed by atoms with van der Waals surface area (Å²) in [5.41, 5.74) is 4.90. The second-order valence-electron chi connectivity index (χ2n) is 12.6. The van der Waals surface area contributed by atoms with Crippen LogP contribution in [0.25, 0.3) is 22.5 Å². The third kappa shape index (κ3) is 8.17. The highest BCUT2D eigenvalue weighted by Crippen LogP contribution is 2.34. The highest BCUT2D eigenvalue weighted by Gasteiger charge is 2.21. The van der Waals surface area contributed by atoms with E-state index in [1.165, 1.54) is 13.0 Å². The highest BCUT2D eigenvalue weighted by molar-refractivity contribution is 7.90. The summed E-state index contributed by atoms with van der Waals surface area (Å²) in [6, 6.07) is 19.8. The fourth-order valence-electron chi connectivity index (χ4n) is 4.29. The molecule has 0 unspecified atom stereocenters. The van der Waals surface area contributed by atoms with E-state index in [1.54, 1.807) is 18.2 Å². The molecule has 0 spiro atoms. The molecule has 0 aliphatic rings. The summed E-state index contributed by atoms with van der Waals surface area (Å²) in [5, 5.41) is 0.945. The Kier molecular flexibility index (Phi) is 9.78. The number of hydrogen-bond acceptors (Lipinski definition) is 6. The summed E-state index contributed by atoms with van der Waals surface area (Å²) in [5.74, 6) is -0.328. The average Bonchev–Trinajstić information content (AvgIpc) is 2.95. The van der Waals surface area contributed by atoms with Gasteiger partial charge in [-0.15, -0.1) is 0 Å². The molecule has 0 saturated heterocycles. The summed E-state index contributed by atoms with van der Waals surface area (Å²) < 4.78 is 32.3. The van der Waals surface area contributed by atoms with Crippen LogP contribution in [0.5, 0.6) is 5.75 Å². The molecule has 0 bridgehead atoms. The quantitative estimate of drug-likeness (QED) is 0.205. The molecule has 0 fully saturated rings. The van der Waals surface area contributed by atoms with Crippen molar-refractivity contribution in [2.24, 2.45) is 0 Å². The molecule has 0 aliphatic carbocycles. The molecule has 4 aromatic rings. The maximum atomic E-state index is 12.7. The van der Waals surface area contributed by atoms with Gasteiger partial charge in [0.2, 0.25) is 10.0 Å². The van der Waals surface area contributed by atoms with Gasteiger partial charge in [-0.2, -0.15) is 0 Å². The largest absolute Gasteiger partial charge is 0.489 e. The standard InChI is InChI=1S/C34H37Cl2N3O4S/c1-8-44(41,42)39-32(40)22-12-14-26(35)24(18-22)29-16-21(17-31(38-29)34(5,6)7)20-43-23-13-15-27(36)25(19-23)28-10-9-11-30(37-28)33(2,3)4/h9-19H,8,20H2,1-7H3,(H,39,40). The third-order valence-electron chi connectivity index (χ3n) is 6.92. The van der Waals surface area contributed by atoms with Gasteiger partial charge in [-0.25, -0.2) is 13.1 Å². The molecule has 7 nitrogen and oxygen atoms in total. The lowest BCUT2D eigenvalue weighted by Gasteiger charge is -2.21. The zero-order chi connectivity index (χ0) is 32.4. The lowest BCUT2D eigenvalue weighted by molar-refractivity contribution is 0.0981. The first-order valence-corrected chi connectivity index (χ1v) is 16.6. The second-order valence-corrected chi connectivity index (χ2v) is 15.4. The number of amides is 1. The Morgan fingerprint density at radius 3 is 2.05 bits per heavy atom. The molecule has 0 aliphatic heterocycles. The van der Waals surface area contributed by atoms with Gasteiger partial charge in [0.05, 0.1) is 27.2 Å². The van der Waals surface area contributed by atoms with E-state index in [2.05, 4.69) is 46.3 Å². The molecule has 1 amide bonds. The normalized spacial score (nSPS) is 12.2. The molecule has 2 aromatic heterocycles. The number of ether oxygens (including phenoxy) is 1. The van der Waals surface area contributed by atoms with E-state index in [1.807, 2.05) is 42.5 Å². The molecule has 1 N–H and O–H groups in total. The lowest BCUT2D eigenvalue weighted by atomic mass is 9.90. The summed E-state index contributed by atoms with van der Waals surface area (Å²) in [4.78, 5) is 22.4. The van der Waals surface area contributed by atoms with Crippen molar-refractivity contribution in [3.8, 4) is 28.3 Å². The Hall–Kier alpha value is -3.46. The number of pyridine rings is 2. The van der Waals surface area contributed by atoms with Crippen molar-refractivity contribution in [3.63, 3.8) is 0 Å². The van der Waals surface area contributed by atoms with Gasteiger partial charge in [-0.1, -0.05) is 70.8 Å². The van der Waals surface area contributed by atoms with E-state index in [-0.39, 0.29) is 28.8 Å². The highest BCUT2D eigenvalue weighted by atomic mass is 35.5. The van der Waals surface area contributed by atoms with Crippen molar-refractivity contribution in [2.75, 3.05) is 5.75 Å². The minimum absolute atomic E-state index is 0.111. The summed E-state index contributed by atoms with van der Waals surface area (Å²) in [6.07, 6.45) is 0. The van der Waals surface area contributed by atoms with Gasteiger partial charge in [0.15, 0.2) is 0 Å². The van der Waals surface area contributed by atoms with Crippen LogP contribution in [-0.4, -0.2) is 30.0 Å². The van der Waals surface area contributed by atoms with Crippen LogP contribution >= 0.6 is 23.2 Å². The Labute approximate surface area is 270 Å². The lowest BCUT2D eigenvalue weighted by Crippen LogP contribution is -2.31. The smallest absolute Gasteiger partial charge is 0.264 e. The molecule has 232 valence electrons. The number of nitrogens with one attached hydrogen (secondary N) is 1. The van der Waals surface area contributed by atoms with Gasteiger partial charge in [-0.3, -0.25) is 14.8 Å². The van der Waals surface area contributed by atoms with Gasteiger partial charge < -0.3 is 4.74 Å². The zero-order valence-electron chi connectivity index (χ0n) is 26.0. The van der Waals surface area contributed by atoms with Crippen LogP contribution in [0.1, 0.15) is 75.8 Å². The van der Waals surface area contributed by atoms with E-state index in [4.69, 9.17) is 37.9 Å². The van der Waals surface area contributed by atoms with Crippen molar-refractivity contribution in [2.45, 2.75) is 65.9 Å². The van der Waals surface area contributed by atoms with Gasteiger partial charge in [0.1, 0.15) is 12.4 Å². The number of hydrogen-bond donors (Lipinski definition) is 1. The maximum Gasteiger partial charge on any atom is 0.264 e. The molecule has 0 atom stereocenters. The van der Waals surface area contributed by atoms with E-state index < -0.39 is 15.9 Å². The predicted octanol–water partition coefficient (Wildman–Crippen LogP) is 8.37. The number of carbonyl (C=O) groups is 1. The summed E-state index contributed by atoms with van der Waals surface area (Å²) in [6.45, 7) is 14.2. The van der Waals surface area contributed by atoms with Gasteiger partial charge in [0, 0.05) is 38.9 Å². The van der Waals surface area contributed by atoms with Crippen molar-refractivity contribution >= 4 is 39.1 Å². The molecular weight excluding hydrogens is 617 g/mol.